The van der Waals surface area contributed by atoms with Crippen LogP contribution in [0.3, 0.4) is 0 Å². The van der Waals surface area contributed by atoms with Gasteiger partial charge in [-0.25, -0.2) is 18.0 Å². The summed E-state index contributed by atoms with van der Waals surface area (Å²) in [6, 6.07) is 5.97. The zero-order valence-electron chi connectivity index (χ0n) is 10.5. The van der Waals surface area contributed by atoms with E-state index in [2.05, 4.69) is 9.97 Å². The van der Waals surface area contributed by atoms with E-state index in [0.717, 1.165) is 12.1 Å². The van der Waals surface area contributed by atoms with Crippen LogP contribution >= 0.6 is 0 Å². The predicted molar refractivity (Wildman–Crippen MR) is 69.3 cm³/mol. The van der Waals surface area contributed by atoms with Gasteiger partial charge in [0.15, 0.2) is 17.5 Å². The van der Waals surface area contributed by atoms with Crippen molar-refractivity contribution < 1.29 is 18.3 Å². The van der Waals surface area contributed by atoms with Crippen LogP contribution < -0.4 is 5.69 Å². The van der Waals surface area contributed by atoms with E-state index in [-0.39, 0.29) is 5.56 Å². The lowest BCUT2D eigenvalue weighted by molar-refractivity contribution is 0.219. The SMILES string of the molecule is O=c1[nH]c2ccc(C(O)c3cc(F)c(F)c(F)c3)cc2[nH]1. The summed E-state index contributed by atoms with van der Waals surface area (Å²) in [4.78, 5) is 16.2. The van der Waals surface area contributed by atoms with Crippen molar-refractivity contribution in [3.05, 3.63) is 69.4 Å². The van der Waals surface area contributed by atoms with Crippen molar-refractivity contribution in [2.45, 2.75) is 6.10 Å². The largest absolute Gasteiger partial charge is 0.384 e. The molecule has 0 amide bonds. The minimum atomic E-state index is -1.59. The molecule has 1 heterocycles. The molecule has 0 bridgehead atoms. The molecule has 1 aromatic heterocycles. The summed E-state index contributed by atoms with van der Waals surface area (Å²) in [5.41, 5.74) is 0.759. The van der Waals surface area contributed by atoms with Gasteiger partial charge in [-0.1, -0.05) is 6.07 Å². The number of aliphatic hydroxyl groups is 1. The number of fused-ring (bicyclic) bond motifs is 1. The Kier molecular flexibility index (Phi) is 3.06. The number of nitrogens with one attached hydrogen (secondary N) is 2. The molecule has 7 heteroatoms. The van der Waals surface area contributed by atoms with E-state index in [1.54, 1.807) is 6.07 Å². The maximum Gasteiger partial charge on any atom is 0.323 e. The molecular formula is C14H9F3N2O2. The van der Waals surface area contributed by atoms with E-state index >= 15 is 0 Å². The number of aliphatic hydroxyl groups excluding tert-OH is 1. The summed E-state index contributed by atoms with van der Waals surface area (Å²) < 4.78 is 39.3. The van der Waals surface area contributed by atoms with Crippen molar-refractivity contribution in [1.82, 2.24) is 9.97 Å². The molecule has 0 aliphatic heterocycles. The Hall–Kier alpha value is -2.54. The maximum absolute atomic E-state index is 13.2. The number of rotatable bonds is 2. The normalized spacial score (nSPS) is 12.8. The highest BCUT2D eigenvalue weighted by molar-refractivity contribution is 5.75. The van der Waals surface area contributed by atoms with Crippen LogP contribution in [0.1, 0.15) is 17.2 Å². The Balaban J connectivity index is 2.07. The first kappa shape index (κ1) is 13.4. The lowest BCUT2D eigenvalue weighted by Crippen LogP contribution is -2.03. The third-order valence-electron chi connectivity index (χ3n) is 3.18. The molecular weight excluding hydrogens is 285 g/mol. The van der Waals surface area contributed by atoms with Crippen molar-refractivity contribution >= 4 is 11.0 Å². The smallest absolute Gasteiger partial charge is 0.323 e. The molecule has 3 rings (SSSR count). The first-order valence-electron chi connectivity index (χ1n) is 6.00. The van der Waals surface area contributed by atoms with E-state index in [4.69, 9.17) is 0 Å². The van der Waals surface area contributed by atoms with Crippen LogP contribution in [-0.4, -0.2) is 15.1 Å². The van der Waals surface area contributed by atoms with Crippen molar-refractivity contribution in [2.75, 3.05) is 0 Å². The summed E-state index contributed by atoms with van der Waals surface area (Å²) in [5, 5.41) is 10.1. The van der Waals surface area contributed by atoms with Gasteiger partial charge in [-0.05, 0) is 35.4 Å². The molecule has 2 aromatic carbocycles. The third kappa shape index (κ3) is 2.31. The van der Waals surface area contributed by atoms with E-state index in [0.29, 0.717) is 16.6 Å². The lowest BCUT2D eigenvalue weighted by Gasteiger charge is -2.12. The first-order chi connectivity index (χ1) is 9.95. The second-order valence-electron chi connectivity index (χ2n) is 4.59. The maximum atomic E-state index is 13.2. The van der Waals surface area contributed by atoms with Gasteiger partial charge in [0.2, 0.25) is 0 Å². The number of imidazole rings is 1. The number of aromatic amines is 2. The molecule has 0 aliphatic carbocycles. The van der Waals surface area contributed by atoms with E-state index in [1.165, 1.54) is 12.1 Å². The Bertz CT molecular complexity index is 862. The van der Waals surface area contributed by atoms with Crippen LogP contribution in [0.15, 0.2) is 35.1 Å². The molecule has 21 heavy (non-hydrogen) atoms. The molecule has 1 atom stereocenters. The predicted octanol–water partition coefficient (Wildman–Crippen LogP) is 2.36. The van der Waals surface area contributed by atoms with Gasteiger partial charge in [0.25, 0.3) is 0 Å². The number of H-pyrrole nitrogens is 2. The Labute approximate surface area is 115 Å². The molecule has 0 saturated heterocycles. The minimum Gasteiger partial charge on any atom is -0.384 e. The molecule has 4 nitrogen and oxygen atoms in total. The number of halogens is 3. The molecule has 0 fully saturated rings. The molecule has 1 unspecified atom stereocenters. The van der Waals surface area contributed by atoms with Crippen LogP contribution in [0.2, 0.25) is 0 Å². The van der Waals surface area contributed by atoms with Gasteiger partial charge in [0, 0.05) is 0 Å². The summed E-state index contributed by atoms with van der Waals surface area (Å²) in [6.45, 7) is 0. The summed E-state index contributed by atoms with van der Waals surface area (Å²) in [6.07, 6.45) is -1.35. The van der Waals surface area contributed by atoms with Crippen LogP contribution in [0.25, 0.3) is 11.0 Å². The van der Waals surface area contributed by atoms with Gasteiger partial charge < -0.3 is 15.1 Å². The van der Waals surface area contributed by atoms with Crippen molar-refractivity contribution in [3.8, 4) is 0 Å². The van der Waals surface area contributed by atoms with Crippen LogP contribution in [0, 0.1) is 17.5 Å². The third-order valence-corrected chi connectivity index (χ3v) is 3.18. The van der Waals surface area contributed by atoms with Crippen molar-refractivity contribution in [3.63, 3.8) is 0 Å². The van der Waals surface area contributed by atoms with E-state index < -0.39 is 29.2 Å². The van der Waals surface area contributed by atoms with Crippen LogP contribution in [0.4, 0.5) is 13.2 Å². The van der Waals surface area contributed by atoms with Gasteiger partial charge in [-0.15, -0.1) is 0 Å². The lowest BCUT2D eigenvalue weighted by atomic mass is 10.0. The van der Waals surface area contributed by atoms with E-state index in [9.17, 15) is 23.1 Å². The molecule has 0 aliphatic rings. The Morgan fingerprint density at radius 1 is 0.905 bits per heavy atom. The molecule has 0 saturated carbocycles. The monoisotopic (exact) mass is 294 g/mol. The Morgan fingerprint density at radius 2 is 1.52 bits per heavy atom. The molecule has 0 spiro atoms. The Morgan fingerprint density at radius 3 is 2.19 bits per heavy atom. The van der Waals surface area contributed by atoms with Gasteiger partial charge >= 0.3 is 5.69 Å². The second-order valence-corrected chi connectivity index (χ2v) is 4.59. The van der Waals surface area contributed by atoms with Crippen LogP contribution in [-0.2, 0) is 0 Å². The highest BCUT2D eigenvalue weighted by Crippen LogP contribution is 2.26. The number of benzene rings is 2. The highest BCUT2D eigenvalue weighted by Gasteiger charge is 2.17. The zero-order chi connectivity index (χ0) is 15.1. The van der Waals surface area contributed by atoms with Gasteiger partial charge in [0.1, 0.15) is 6.10 Å². The number of hydrogen-bond acceptors (Lipinski definition) is 2. The first-order valence-corrected chi connectivity index (χ1v) is 6.00. The van der Waals surface area contributed by atoms with Gasteiger partial charge in [-0.2, -0.15) is 0 Å². The minimum absolute atomic E-state index is 0.122. The number of hydrogen-bond donors (Lipinski definition) is 3. The second kappa shape index (κ2) is 4.78. The van der Waals surface area contributed by atoms with Crippen molar-refractivity contribution in [2.24, 2.45) is 0 Å². The molecule has 3 N–H and O–H groups in total. The highest BCUT2D eigenvalue weighted by atomic mass is 19.2. The summed E-state index contributed by atoms with van der Waals surface area (Å²) in [7, 11) is 0. The fourth-order valence-corrected chi connectivity index (χ4v) is 2.15. The average molecular weight is 294 g/mol. The molecule has 3 aromatic rings. The van der Waals surface area contributed by atoms with Crippen LogP contribution in [0.5, 0.6) is 0 Å². The number of aromatic nitrogens is 2. The van der Waals surface area contributed by atoms with E-state index in [1.807, 2.05) is 0 Å². The van der Waals surface area contributed by atoms with Crippen molar-refractivity contribution in [1.29, 1.82) is 0 Å². The average Bonchev–Trinajstić information content (AvgIpc) is 2.82. The van der Waals surface area contributed by atoms with Gasteiger partial charge in [0.05, 0.1) is 11.0 Å². The standard InChI is InChI=1S/C14H9F3N2O2/c15-8-3-7(4-9(16)12(8)17)13(20)6-1-2-10-11(5-6)19-14(21)18-10/h1-5,13,20H,(H2,18,19,21). The summed E-state index contributed by atoms with van der Waals surface area (Å²) >= 11 is 0. The summed E-state index contributed by atoms with van der Waals surface area (Å²) in [5.74, 6) is -4.34. The zero-order valence-corrected chi connectivity index (χ0v) is 10.5. The van der Waals surface area contributed by atoms with Gasteiger partial charge in [-0.3, -0.25) is 0 Å². The quantitative estimate of drug-likeness (QED) is 0.635. The molecule has 108 valence electrons. The molecule has 0 radical (unpaired) electrons. The fourth-order valence-electron chi connectivity index (χ4n) is 2.15. The topological polar surface area (TPSA) is 68.9 Å². The fraction of sp³-hybridized carbons (Fsp3) is 0.0714.